The Morgan fingerprint density at radius 3 is 2.69 bits per heavy atom. The van der Waals surface area contributed by atoms with E-state index in [-0.39, 0.29) is 24.0 Å². The summed E-state index contributed by atoms with van der Waals surface area (Å²) in [5.74, 6) is -1.44. The van der Waals surface area contributed by atoms with Crippen LogP contribution in [0.2, 0.25) is 0 Å². The number of rotatable bonds is 3. The van der Waals surface area contributed by atoms with Crippen LogP contribution in [0.3, 0.4) is 0 Å². The molecule has 2 N–H and O–H groups in total. The van der Waals surface area contributed by atoms with Gasteiger partial charge in [0.05, 0.1) is 24.1 Å². The van der Waals surface area contributed by atoms with Gasteiger partial charge in [-0.05, 0) is 23.6 Å². The van der Waals surface area contributed by atoms with Gasteiger partial charge in [0.15, 0.2) is 9.84 Å². The Hall–Kier alpha value is -2.39. The number of nitrogens with zero attached hydrogens (tertiary/aromatic N) is 2. The van der Waals surface area contributed by atoms with E-state index >= 15 is 0 Å². The van der Waals surface area contributed by atoms with Crippen LogP contribution >= 0.6 is 0 Å². The number of amides is 1. The van der Waals surface area contributed by atoms with Crippen molar-refractivity contribution in [3.05, 3.63) is 36.0 Å². The maximum absolute atomic E-state index is 13.0. The third kappa shape index (κ3) is 2.97. The normalized spacial score (nSPS) is 25.3. The average molecular weight is 377 g/mol. The van der Waals surface area contributed by atoms with Crippen molar-refractivity contribution >= 4 is 32.6 Å². The Morgan fingerprint density at radius 2 is 1.92 bits per heavy atom. The molecule has 0 radical (unpaired) electrons. The lowest BCUT2D eigenvalue weighted by molar-refractivity contribution is -0.139. The molecule has 138 valence electrons. The van der Waals surface area contributed by atoms with E-state index in [1.54, 1.807) is 28.1 Å². The minimum atomic E-state index is -3.31. The summed E-state index contributed by atoms with van der Waals surface area (Å²) in [7, 11) is -3.31. The molecule has 2 fully saturated rings. The molecule has 2 aromatic rings. The number of H-pyrrole nitrogens is 1. The predicted molar refractivity (Wildman–Crippen MR) is 94.8 cm³/mol. The Balaban J connectivity index is 1.63. The molecule has 2 aliphatic heterocycles. The number of sulfone groups is 1. The monoisotopic (exact) mass is 377 g/mol. The maximum Gasteiger partial charge on any atom is 0.317 e. The molecule has 0 bridgehead atoms. The van der Waals surface area contributed by atoms with E-state index in [2.05, 4.69) is 4.98 Å². The number of piperazine rings is 1. The van der Waals surface area contributed by atoms with Crippen molar-refractivity contribution in [2.75, 3.05) is 31.1 Å². The molecule has 0 aliphatic carbocycles. The number of aromatic amines is 1. The first-order valence-corrected chi connectivity index (χ1v) is 10.2. The van der Waals surface area contributed by atoms with Crippen LogP contribution in [-0.4, -0.2) is 83.4 Å². The molecule has 9 heteroatoms. The zero-order valence-corrected chi connectivity index (χ0v) is 14.8. The van der Waals surface area contributed by atoms with Gasteiger partial charge in [0.25, 0.3) is 5.91 Å². The molecule has 2 aliphatic rings. The largest absolute Gasteiger partial charge is 0.480 e. The van der Waals surface area contributed by atoms with Crippen LogP contribution in [0.4, 0.5) is 0 Å². The van der Waals surface area contributed by atoms with Crippen molar-refractivity contribution in [2.24, 2.45) is 0 Å². The second-order valence-electron chi connectivity index (χ2n) is 6.85. The molecular formula is C17H19N3O5S. The molecule has 0 spiro atoms. The standard InChI is InChI=1S/C17H19N3O5S/c21-16(22)8-19-5-6-20(15-10-26(24,25)9-14(15)19)17(23)12-2-1-11-3-4-18-13(11)7-12/h1-4,7,14-15,18H,5-6,8-10H2,(H,21,22)/t14-,15+/m1/s1. The van der Waals surface area contributed by atoms with Crippen molar-refractivity contribution in [3.63, 3.8) is 0 Å². The molecule has 1 aromatic carbocycles. The molecule has 8 nitrogen and oxygen atoms in total. The van der Waals surface area contributed by atoms with Crippen LogP contribution < -0.4 is 0 Å². The number of carboxylic acid groups (broad SMARTS) is 1. The second kappa shape index (κ2) is 6.10. The fraction of sp³-hybridized carbons (Fsp3) is 0.412. The van der Waals surface area contributed by atoms with Gasteiger partial charge in [-0.2, -0.15) is 0 Å². The van der Waals surface area contributed by atoms with E-state index in [4.69, 9.17) is 5.11 Å². The lowest BCUT2D eigenvalue weighted by Crippen LogP contribution is -2.61. The van der Waals surface area contributed by atoms with Crippen LogP contribution in [-0.2, 0) is 14.6 Å². The molecule has 1 aromatic heterocycles. The number of carboxylic acids is 1. The van der Waals surface area contributed by atoms with Gasteiger partial charge < -0.3 is 15.0 Å². The molecule has 0 saturated carbocycles. The van der Waals surface area contributed by atoms with Crippen LogP contribution in [0.25, 0.3) is 10.9 Å². The minimum Gasteiger partial charge on any atom is -0.480 e. The SMILES string of the molecule is O=C(O)CN1CCN(C(=O)c2ccc3cc[nH]c3c2)[C@H]2CS(=O)(=O)C[C@H]21. The molecule has 1 amide bonds. The molecule has 2 atom stereocenters. The van der Waals surface area contributed by atoms with Gasteiger partial charge in [-0.25, -0.2) is 8.42 Å². The molecule has 2 saturated heterocycles. The zero-order chi connectivity index (χ0) is 18.5. The number of aliphatic carboxylic acids is 1. The molecule has 4 rings (SSSR count). The number of fused-ring (bicyclic) bond motifs is 2. The first kappa shape index (κ1) is 17.0. The van der Waals surface area contributed by atoms with Crippen molar-refractivity contribution in [1.29, 1.82) is 0 Å². The predicted octanol–water partition coefficient (Wildman–Crippen LogP) is 0.176. The van der Waals surface area contributed by atoms with E-state index in [1.165, 1.54) is 0 Å². The highest BCUT2D eigenvalue weighted by atomic mass is 32.2. The van der Waals surface area contributed by atoms with Crippen LogP contribution in [0.1, 0.15) is 10.4 Å². The third-order valence-electron chi connectivity index (χ3n) is 5.19. The molecule has 26 heavy (non-hydrogen) atoms. The van der Waals surface area contributed by atoms with Crippen molar-refractivity contribution in [2.45, 2.75) is 12.1 Å². The number of carbonyl (C=O) groups is 2. The summed E-state index contributed by atoms with van der Waals surface area (Å²) in [5.41, 5.74) is 1.34. The summed E-state index contributed by atoms with van der Waals surface area (Å²) in [6.07, 6.45) is 1.79. The highest BCUT2D eigenvalue weighted by Gasteiger charge is 2.48. The Kier molecular flexibility index (Phi) is 4.00. The summed E-state index contributed by atoms with van der Waals surface area (Å²) < 4.78 is 24.3. The number of aromatic nitrogens is 1. The van der Waals surface area contributed by atoms with E-state index in [1.807, 2.05) is 12.1 Å². The zero-order valence-electron chi connectivity index (χ0n) is 14.0. The minimum absolute atomic E-state index is 0.107. The fourth-order valence-electron chi connectivity index (χ4n) is 3.99. The summed E-state index contributed by atoms with van der Waals surface area (Å²) in [6, 6.07) is 6.28. The number of benzene rings is 1. The molecule has 3 heterocycles. The van der Waals surface area contributed by atoms with Crippen LogP contribution in [0.5, 0.6) is 0 Å². The highest BCUT2D eigenvalue weighted by molar-refractivity contribution is 7.91. The van der Waals surface area contributed by atoms with Crippen molar-refractivity contribution in [1.82, 2.24) is 14.8 Å². The number of nitrogens with one attached hydrogen (secondary N) is 1. The quantitative estimate of drug-likeness (QED) is 0.789. The Labute approximate surface area is 150 Å². The lowest BCUT2D eigenvalue weighted by atomic mass is 10.0. The van der Waals surface area contributed by atoms with Gasteiger partial charge in [0.1, 0.15) is 0 Å². The lowest BCUT2D eigenvalue weighted by Gasteiger charge is -2.43. The second-order valence-corrected chi connectivity index (χ2v) is 9.01. The first-order valence-electron chi connectivity index (χ1n) is 8.38. The topological polar surface area (TPSA) is 111 Å². The van der Waals surface area contributed by atoms with Gasteiger partial charge in [0, 0.05) is 36.4 Å². The summed E-state index contributed by atoms with van der Waals surface area (Å²) in [6.45, 7) is 0.443. The first-order chi connectivity index (χ1) is 12.3. The Bertz CT molecular complexity index is 983. The average Bonchev–Trinajstić information content (AvgIpc) is 3.16. The van der Waals surface area contributed by atoms with E-state index < -0.39 is 27.9 Å². The van der Waals surface area contributed by atoms with Crippen LogP contribution in [0, 0.1) is 0 Å². The summed E-state index contributed by atoms with van der Waals surface area (Å²) in [5, 5.41) is 10.1. The van der Waals surface area contributed by atoms with Gasteiger partial charge in [0.2, 0.25) is 0 Å². The number of hydrogen-bond acceptors (Lipinski definition) is 5. The van der Waals surface area contributed by atoms with E-state index in [0.29, 0.717) is 18.7 Å². The summed E-state index contributed by atoms with van der Waals surface area (Å²) >= 11 is 0. The van der Waals surface area contributed by atoms with Crippen molar-refractivity contribution in [3.8, 4) is 0 Å². The third-order valence-corrected chi connectivity index (χ3v) is 6.89. The van der Waals surface area contributed by atoms with Gasteiger partial charge in [-0.1, -0.05) is 6.07 Å². The number of carbonyl (C=O) groups excluding carboxylic acids is 1. The molecule has 0 unspecified atom stereocenters. The number of hydrogen-bond donors (Lipinski definition) is 2. The van der Waals surface area contributed by atoms with Gasteiger partial charge in [-0.15, -0.1) is 0 Å². The van der Waals surface area contributed by atoms with E-state index in [0.717, 1.165) is 10.9 Å². The highest BCUT2D eigenvalue weighted by Crippen LogP contribution is 2.28. The summed E-state index contributed by atoms with van der Waals surface area (Å²) in [4.78, 5) is 30.4. The van der Waals surface area contributed by atoms with Gasteiger partial charge >= 0.3 is 5.97 Å². The van der Waals surface area contributed by atoms with Gasteiger partial charge in [-0.3, -0.25) is 14.5 Å². The van der Waals surface area contributed by atoms with Crippen LogP contribution in [0.15, 0.2) is 30.5 Å². The molecular weight excluding hydrogens is 358 g/mol. The van der Waals surface area contributed by atoms with Crippen molar-refractivity contribution < 1.29 is 23.1 Å². The fourth-order valence-corrected chi connectivity index (χ4v) is 6.01. The smallest absolute Gasteiger partial charge is 0.317 e. The van der Waals surface area contributed by atoms with E-state index in [9.17, 15) is 18.0 Å². The maximum atomic E-state index is 13.0. The Morgan fingerprint density at radius 1 is 1.15 bits per heavy atom.